The van der Waals surface area contributed by atoms with Crippen molar-refractivity contribution in [1.82, 2.24) is 14.9 Å². The zero-order valence-corrected chi connectivity index (χ0v) is 15.8. The average Bonchev–Trinajstić information content (AvgIpc) is 3.30. The molecule has 1 amide bonds. The highest BCUT2D eigenvalue weighted by molar-refractivity contribution is 7.13. The van der Waals surface area contributed by atoms with Crippen molar-refractivity contribution in [2.75, 3.05) is 24.5 Å². The summed E-state index contributed by atoms with van der Waals surface area (Å²) in [5.74, 6) is 0.594. The van der Waals surface area contributed by atoms with Crippen molar-refractivity contribution < 1.29 is 4.79 Å². The van der Waals surface area contributed by atoms with Crippen LogP contribution in [0.15, 0.2) is 42.0 Å². The van der Waals surface area contributed by atoms with Crippen LogP contribution in [-0.2, 0) is 18.3 Å². The Balaban J connectivity index is 1.33. The molecule has 3 heterocycles. The number of aromatic nitrogens is 2. The average molecular weight is 369 g/mol. The van der Waals surface area contributed by atoms with Gasteiger partial charge >= 0.3 is 0 Å². The predicted molar refractivity (Wildman–Crippen MR) is 107 cm³/mol. The van der Waals surface area contributed by atoms with Crippen LogP contribution in [0.5, 0.6) is 0 Å². The van der Waals surface area contributed by atoms with E-state index in [2.05, 4.69) is 38.1 Å². The van der Waals surface area contributed by atoms with E-state index in [4.69, 9.17) is 0 Å². The summed E-state index contributed by atoms with van der Waals surface area (Å²) in [6.07, 6.45) is 6.68. The smallest absolute Gasteiger partial charge is 0.224 e. The van der Waals surface area contributed by atoms with Crippen molar-refractivity contribution in [3.05, 3.63) is 47.6 Å². The molecule has 5 nitrogen and oxygen atoms in total. The zero-order chi connectivity index (χ0) is 17.9. The molecule has 6 heteroatoms. The fourth-order valence-electron chi connectivity index (χ4n) is 3.84. The fraction of sp³-hybridized carbons (Fsp3) is 0.400. The fourth-order valence-corrected chi connectivity index (χ4v) is 4.52. The molecule has 0 aliphatic carbocycles. The molecule has 0 bridgehead atoms. The molecule has 1 aromatic carbocycles. The van der Waals surface area contributed by atoms with Crippen molar-refractivity contribution in [1.29, 1.82) is 0 Å². The van der Waals surface area contributed by atoms with Crippen LogP contribution in [0.1, 0.15) is 18.4 Å². The number of nitrogens with one attached hydrogen (secondary N) is 1. The maximum absolute atomic E-state index is 12.5. The second kappa shape index (κ2) is 7.50. The third kappa shape index (κ3) is 3.60. The first-order valence-corrected chi connectivity index (χ1v) is 10.0. The Bertz CT molecular complexity index is 886. The highest BCUT2D eigenvalue weighted by Crippen LogP contribution is 2.24. The predicted octanol–water partition coefficient (Wildman–Crippen LogP) is 3.21. The van der Waals surface area contributed by atoms with E-state index < -0.39 is 0 Å². The van der Waals surface area contributed by atoms with Crippen molar-refractivity contribution >= 4 is 33.3 Å². The number of carbonyl (C=O) groups excluding carboxylic acids is 1. The van der Waals surface area contributed by atoms with Gasteiger partial charge in [0.2, 0.25) is 5.91 Å². The Morgan fingerprint density at radius 1 is 1.38 bits per heavy atom. The minimum Gasteiger partial charge on any atom is -0.355 e. The van der Waals surface area contributed by atoms with Gasteiger partial charge in [-0.05, 0) is 30.4 Å². The topological polar surface area (TPSA) is 50.2 Å². The first-order valence-electron chi connectivity index (χ1n) is 9.15. The Morgan fingerprint density at radius 3 is 3.12 bits per heavy atom. The normalized spacial score (nSPS) is 17.6. The van der Waals surface area contributed by atoms with Crippen LogP contribution in [0.2, 0.25) is 0 Å². The molecule has 0 radical (unpaired) electrons. The van der Waals surface area contributed by atoms with E-state index in [0.29, 0.717) is 12.3 Å². The molecule has 4 rings (SSSR count). The summed E-state index contributed by atoms with van der Waals surface area (Å²) in [5.41, 5.74) is 2.26. The number of anilines is 1. The maximum Gasteiger partial charge on any atom is 0.224 e. The summed E-state index contributed by atoms with van der Waals surface area (Å²) in [6, 6.07) is 8.24. The number of hydrogen-bond donors (Lipinski definition) is 1. The molecular weight excluding hydrogens is 344 g/mol. The third-order valence-electron chi connectivity index (χ3n) is 5.13. The number of carbonyl (C=O) groups is 1. The molecule has 1 aliphatic rings. The molecule has 0 unspecified atom stereocenters. The van der Waals surface area contributed by atoms with E-state index in [1.807, 2.05) is 30.8 Å². The lowest BCUT2D eigenvalue weighted by atomic mass is 9.98. The van der Waals surface area contributed by atoms with Gasteiger partial charge in [-0.3, -0.25) is 4.79 Å². The van der Waals surface area contributed by atoms with E-state index >= 15 is 0 Å². The highest BCUT2D eigenvalue weighted by atomic mass is 32.1. The number of aryl methyl sites for hydroxylation is 1. The lowest BCUT2D eigenvalue weighted by Gasteiger charge is -2.32. The van der Waals surface area contributed by atoms with Gasteiger partial charge < -0.3 is 14.8 Å². The van der Waals surface area contributed by atoms with Crippen LogP contribution in [0.3, 0.4) is 0 Å². The number of piperidine rings is 1. The Morgan fingerprint density at radius 2 is 2.27 bits per heavy atom. The lowest BCUT2D eigenvalue weighted by molar-refractivity contribution is -0.120. The van der Waals surface area contributed by atoms with Gasteiger partial charge in [0, 0.05) is 55.4 Å². The first-order chi connectivity index (χ1) is 12.7. The zero-order valence-electron chi connectivity index (χ0n) is 15.0. The van der Waals surface area contributed by atoms with Gasteiger partial charge in [-0.15, -0.1) is 11.3 Å². The van der Waals surface area contributed by atoms with Gasteiger partial charge in [0.1, 0.15) is 0 Å². The van der Waals surface area contributed by atoms with Crippen molar-refractivity contribution in [2.45, 2.75) is 19.3 Å². The number of nitrogens with zero attached hydrogens (tertiary/aromatic N) is 3. The van der Waals surface area contributed by atoms with Gasteiger partial charge in [0.15, 0.2) is 5.13 Å². The lowest BCUT2D eigenvalue weighted by Crippen LogP contribution is -2.41. The quantitative estimate of drug-likeness (QED) is 0.752. The number of thiazole rings is 1. The second-order valence-corrected chi connectivity index (χ2v) is 7.91. The Kier molecular flexibility index (Phi) is 4.93. The van der Waals surface area contributed by atoms with Crippen LogP contribution < -0.4 is 10.2 Å². The number of rotatable bonds is 5. The van der Waals surface area contributed by atoms with E-state index in [9.17, 15) is 4.79 Å². The van der Waals surface area contributed by atoms with Crippen LogP contribution >= 0.6 is 11.3 Å². The van der Waals surface area contributed by atoms with Crippen LogP contribution in [-0.4, -0.2) is 35.1 Å². The molecule has 136 valence electrons. The summed E-state index contributed by atoms with van der Waals surface area (Å²) < 4.78 is 2.09. The molecule has 26 heavy (non-hydrogen) atoms. The Hall–Kier alpha value is -2.34. The van der Waals surface area contributed by atoms with Crippen molar-refractivity contribution in [3.8, 4) is 0 Å². The molecule has 1 aliphatic heterocycles. The van der Waals surface area contributed by atoms with Crippen LogP contribution in [0.4, 0.5) is 5.13 Å². The number of para-hydroxylation sites is 1. The number of benzene rings is 1. The monoisotopic (exact) mass is 368 g/mol. The second-order valence-electron chi connectivity index (χ2n) is 7.03. The first kappa shape index (κ1) is 17.1. The number of hydrogen-bond acceptors (Lipinski definition) is 4. The van der Waals surface area contributed by atoms with Gasteiger partial charge in [0.25, 0.3) is 0 Å². The van der Waals surface area contributed by atoms with E-state index in [1.165, 1.54) is 5.52 Å². The standard InChI is InChI=1S/C20H24N4OS/c1-23-14-16(17-6-2-3-7-18(17)23)11-19(25)22-12-15-5-4-9-24(13-15)20-21-8-10-26-20/h2-3,6-8,10,14-15H,4-5,9,11-13H2,1H3,(H,22,25)/t15-/m0/s1. The molecule has 0 saturated carbocycles. The van der Waals surface area contributed by atoms with Crippen molar-refractivity contribution in [3.63, 3.8) is 0 Å². The number of fused-ring (bicyclic) bond motifs is 1. The Labute approximate surface area is 157 Å². The van der Waals surface area contributed by atoms with Crippen LogP contribution in [0, 0.1) is 5.92 Å². The highest BCUT2D eigenvalue weighted by Gasteiger charge is 2.22. The summed E-state index contributed by atoms with van der Waals surface area (Å²) in [4.78, 5) is 19.2. The number of amides is 1. The minimum atomic E-state index is 0.104. The molecule has 0 spiro atoms. The van der Waals surface area contributed by atoms with E-state index in [0.717, 1.165) is 48.6 Å². The van der Waals surface area contributed by atoms with Crippen LogP contribution in [0.25, 0.3) is 10.9 Å². The van der Waals surface area contributed by atoms with Crippen molar-refractivity contribution in [2.24, 2.45) is 13.0 Å². The van der Waals surface area contributed by atoms with Gasteiger partial charge in [-0.2, -0.15) is 0 Å². The van der Waals surface area contributed by atoms with Gasteiger partial charge in [-0.25, -0.2) is 4.98 Å². The summed E-state index contributed by atoms with van der Waals surface area (Å²) >= 11 is 1.69. The molecule has 1 atom stereocenters. The summed E-state index contributed by atoms with van der Waals surface area (Å²) in [5, 5.41) is 7.43. The summed E-state index contributed by atoms with van der Waals surface area (Å²) in [7, 11) is 2.03. The minimum absolute atomic E-state index is 0.104. The largest absolute Gasteiger partial charge is 0.355 e. The van der Waals surface area contributed by atoms with Gasteiger partial charge in [0.05, 0.1) is 6.42 Å². The SMILES string of the molecule is Cn1cc(CC(=O)NC[C@@H]2CCCN(c3nccs3)C2)c2ccccc21. The molecule has 2 aromatic heterocycles. The third-order valence-corrected chi connectivity index (χ3v) is 5.96. The molecule has 1 fully saturated rings. The van der Waals surface area contributed by atoms with Gasteiger partial charge in [-0.1, -0.05) is 18.2 Å². The maximum atomic E-state index is 12.5. The van der Waals surface area contributed by atoms with E-state index in [-0.39, 0.29) is 5.91 Å². The summed E-state index contributed by atoms with van der Waals surface area (Å²) in [6.45, 7) is 2.78. The van der Waals surface area contributed by atoms with E-state index in [1.54, 1.807) is 11.3 Å². The molecular formula is C20H24N4OS. The molecule has 1 N–H and O–H groups in total. The molecule has 1 saturated heterocycles. The molecule has 3 aromatic rings.